The summed E-state index contributed by atoms with van der Waals surface area (Å²) in [7, 11) is 0. The molecule has 0 N–H and O–H groups in total. The maximum Gasteiger partial charge on any atom is 0.150 e. The molecule has 1 aliphatic carbocycles. The summed E-state index contributed by atoms with van der Waals surface area (Å²) >= 11 is 1.64. The van der Waals surface area contributed by atoms with Gasteiger partial charge in [-0.05, 0) is 26.8 Å². The van der Waals surface area contributed by atoms with Gasteiger partial charge in [-0.2, -0.15) is 5.26 Å². The molecule has 86 valence electrons. The molecule has 0 fully saturated rings. The maximum absolute atomic E-state index is 10.9. The fourth-order valence-corrected chi connectivity index (χ4v) is 3.53. The molecule has 2 rings (SSSR count). The fraction of sp³-hybridized carbons (Fsp3) is 0.286. The summed E-state index contributed by atoms with van der Waals surface area (Å²) in [5.74, 6) is 0.114. The molecule has 0 bridgehead atoms. The van der Waals surface area contributed by atoms with Gasteiger partial charge in [-0.25, -0.2) is 0 Å². The predicted octanol–water partition coefficient (Wildman–Crippen LogP) is 3.49. The van der Waals surface area contributed by atoms with Gasteiger partial charge in [0.25, 0.3) is 0 Å². The Morgan fingerprint density at radius 1 is 1.41 bits per heavy atom. The lowest BCUT2D eigenvalue weighted by Gasteiger charge is -2.13. The highest BCUT2D eigenvalue weighted by Gasteiger charge is 2.27. The van der Waals surface area contributed by atoms with Crippen molar-refractivity contribution in [3.8, 4) is 6.07 Å². The molecule has 0 radical (unpaired) electrons. The van der Waals surface area contributed by atoms with Crippen molar-refractivity contribution in [3.63, 3.8) is 0 Å². The van der Waals surface area contributed by atoms with Crippen molar-refractivity contribution in [1.82, 2.24) is 0 Å². The Kier molecular flexibility index (Phi) is 2.99. The van der Waals surface area contributed by atoms with E-state index in [2.05, 4.69) is 6.07 Å². The number of carbonyl (C=O) groups excluding carboxylic acids is 1. The van der Waals surface area contributed by atoms with Crippen LogP contribution in [0.5, 0.6) is 0 Å². The molecule has 17 heavy (non-hydrogen) atoms. The first-order valence-electron chi connectivity index (χ1n) is 5.43. The van der Waals surface area contributed by atoms with Crippen LogP contribution >= 0.6 is 11.3 Å². The Morgan fingerprint density at radius 2 is 2.12 bits per heavy atom. The Labute approximate surface area is 105 Å². The van der Waals surface area contributed by atoms with Crippen molar-refractivity contribution in [3.05, 3.63) is 44.2 Å². The molecule has 0 saturated heterocycles. The predicted molar refractivity (Wildman–Crippen MR) is 69.0 cm³/mol. The molecule has 3 heteroatoms. The second kappa shape index (κ2) is 4.31. The van der Waals surface area contributed by atoms with Gasteiger partial charge >= 0.3 is 0 Å². The molecule has 0 spiro atoms. The third kappa shape index (κ3) is 1.85. The van der Waals surface area contributed by atoms with E-state index in [1.165, 1.54) is 0 Å². The van der Waals surface area contributed by atoms with E-state index in [0.717, 1.165) is 38.3 Å². The van der Waals surface area contributed by atoms with E-state index < -0.39 is 0 Å². The lowest BCUT2D eigenvalue weighted by molar-refractivity contribution is -0.104. The molecule has 0 aliphatic heterocycles. The molecule has 1 heterocycles. The first kappa shape index (κ1) is 11.8. The average molecular weight is 243 g/mol. The van der Waals surface area contributed by atoms with Crippen molar-refractivity contribution in [2.24, 2.45) is 0 Å². The number of nitrogens with zero attached hydrogens (tertiary/aromatic N) is 1. The Morgan fingerprint density at radius 3 is 2.65 bits per heavy atom. The van der Waals surface area contributed by atoms with Crippen LogP contribution in [0.15, 0.2) is 28.9 Å². The van der Waals surface area contributed by atoms with E-state index in [4.69, 9.17) is 5.26 Å². The standard InChI is InChI=1S/C14H13NOS/c1-8-4-12(7-16)10(3)13(8)14-11(6-15)5-9(2)17-14/h4-5,7,13H,1-3H3. The van der Waals surface area contributed by atoms with Gasteiger partial charge in [0, 0.05) is 21.2 Å². The summed E-state index contributed by atoms with van der Waals surface area (Å²) in [5, 5.41) is 9.14. The van der Waals surface area contributed by atoms with Crippen LogP contribution in [0.1, 0.15) is 35.1 Å². The molecule has 2 nitrogen and oxygen atoms in total. The number of aryl methyl sites for hydroxylation is 1. The first-order valence-corrected chi connectivity index (χ1v) is 6.24. The van der Waals surface area contributed by atoms with Crippen molar-refractivity contribution in [2.75, 3.05) is 0 Å². The van der Waals surface area contributed by atoms with Crippen molar-refractivity contribution in [2.45, 2.75) is 26.7 Å². The SMILES string of the molecule is CC1=CC(C=O)=C(C)C1c1sc(C)cc1C#N. The molecule has 0 aromatic carbocycles. The summed E-state index contributed by atoms with van der Waals surface area (Å²) in [6, 6.07) is 4.16. The second-order valence-electron chi connectivity index (χ2n) is 4.32. The van der Waals surface area contributed by atoms with Crippen LogP contribution in [-0.2, 0) is 4.79 Å². The van der Waals surface area contributed by atoms with E-state index in [1.54, 1.807) is 11.3 Å². The number of aldehydes is 1. The average Bonchev–Trinajstić information content (AvgIpc) is 2.79. The quantitative estimate of drug-likeness (QED) is 0.746. The second-order valence-corrected chi connectivity index (χ2v) is 5.61. The van der Waals surface area contributed by atoms with Crippen LogP contribution in [0, 0.1) is 18.3 Å². The highest BCUT2D eigenvalue weighted by atomic mass is 32.1. The maximum atomic E-state index is 10.9. The van der Waals surface area contributed by atoms with Crippen LogP contribution < -0.4 is 0 Å². The highest BCUT2D eigenvalue weighted by Crippen LogP contribution is 2.43. The van der Waals surface area contributed by atoms with E-state index >= 15 is 0 Å². The third-order valence-corrected chi connectivity index (χ3v) is 4.24. The molecule has 0 saturated carbocycles. The number of hydrogen-bond donors (Lipinski definition) is 0. The van der Waals surface area contributed by atoms with Gasteiger partial charge in [0.1, 0.15) is 12.4 Å². The molecule has 1 atom stereocenters. The zero-order valence-electron chi connectivity index (χ0n) is 10.1. The van der Waals surface area contributed by atoms with Crippen LogP contribution in [0.4, 0.5) is 0 Å². The molecular weight excluding hydrogens is 230 g/mol. The third-order valence-electron chi connectivity index (χ3n) is 3.12. The molecule has 1 aromatic heterocycles. The normalized spacial score (nSPS) is 19.2. The first-order chi connectivity index (χ1) is 8.08. The number of thiophene rings is 1. The number of rotatable bonds is 2. The summed E-state index contributed by atoms with van der Waals surface area (Å²) < 4.78 is 0. The summed E-state index contributed by atoms with van der Waals surface area (Å²) in [4.78, 5) is 13.1. The largest absolute Gasteiger partial charge is 0.298 e. The summed E-state index contributed by atoms with van der Waals surface area (Å²) in [6.45, 7) is 5.99. The Balaban J connectivity index is 2.56. The van der Waals surface area contributed by atoms with Crippen molar-refractivity contribution >= 4 is 17.6 Å². The van der Waals surface area contributed by atoms with Gasteiger partial charge in [0.05, 0.1) is 5.56 Å². The van der Waals surface area contributed by atoms with Gasteiger partial charge in [-0.1, -0.05) is 17.2 Å². The number of nitriles is 1. The van der Waals surface area contributed by atoms with E-state index in [9.17, 15) is 4.79 Å². The van der Waals surface area contributed by atoms with Gasteiger partial charge in [-0.3, -0.25) is 4.79 Å². The Hall–Kier alpha value is -1.66. The van der Waals surface area contributed by atoms with Crippen molar-refractivity contribution in [1.29, 1.82) is 5.26 Å². The summed E-state index contributed by atoms with van der Waals surface area (Å²) in [6.07, 6.45) is 2.81. The number of allylic oxidation sites excluding steroid dienone is 4. The minimum atomic E-state index is 0.114. The van der Waals surface area contributed by atoms with Crippen LogP contribution in [-0.4, -0.2) is 6.29 Å². The summed E-state index contributed by atoms with van der Waals surface area (Å²) in [5.41, 5.74) is 3.68. The van der Waals surface area contributed by atoms with Crippen LogP contribution in [0.3, 0.4) is 0 Å². The Bertz CT molecular complexity index is 584. The zero-order chi connectivity index (χ0) is 12.6. The van der Waals surface area contributed by atoms with Crippen molar-refractivity contribution < 1.29 is 4.79 Å². The van der Waals surface area contributed by atoms with Gasteiger partial charge in [-0.15, -0.1) is 11.3 Å². The van der Waals surface area contributed by atoms with E-state index in [-0.39, 0.29) is 5.92 Å². The van der Waals surface area contributed by atoms with E-state index in [1.807, 2.05) is 32.9 Å². The monoisotopic (exact) mass is 243 g/mol. The van der Waals surface area contributed by atoms with E-state index in [0.29, 0.717) is 0 Å². The van der Waals surface area contributed by atoms with Crippen LogP contribution in [0.25, 0.3) is 0 Å². The zero-order valence-corrected chi connectivity index (χ0v) is 10.9. The smallest absolute Gasteiger partial charge is 0.150 e. The molecule has 1 aliphatic rings. The van der Waals surface area contributed by atoms with Crippen LogP contribution in [0.2, 0.25) is 0 Å². The van der Waals surface area contributed by atoms with Gasteiger partial charge < -0.3 is 0 Å². The van der Waals surface area contributed by atoms with Gasteiger partial charge in [0.15, 0.2) is 0 Å². The lowest BCUT2D eigenvalue weighted by Crippen LogP contribution is -1.98. The molecule has 1 aromatic rings. The molecular formula is C14H13NOS. The highest BCUT2D eigenvalue weighted by molar-refractivity contribution is 7.12. The topological polar surface area (TPSA) is 40.9 Å². The lowest BCUT2D eigenvalue weighted by atomic mass is 9.93. The fourth-order valence-electron chi connectivity index (χ4n) is 2.32. The number of hydrogen-bond acceptors (Lipinski definition) is 3. The molecule has 1 unspecified atom stereocenters. The van der Waals surface area contributed by atoms with Gasteiger partial charge in [0.2, 0.25) is 0 Å². The minimum Gasteiger partial charge on any atom is -0.298 e. The minimum absolute atomic E-state index is 0.114. The number of carbonyl (C=O) groups is 1. The molecule has 0 amide bonds.